The molecule has 0 aromatic carbocycles. The van der Waals surface area contributed by atoms with Gasteiger partial charge in [0.1, 0.15) is 0 Å². The first-order valence-corrected chi connectivity index (χ1v) is 13.8. The van der Waals surface area contributed by atoms with Crippen LogP contribution in [-0.2, 0) is 9.09 Å². The summed E-state index contributed by atoms with van der Waals surface area (Å²) in [5, 5.41) is 0. The van der Waals surface area contributed by atoms with Gasteiger partial charge in [0, 0.05) is 0 Å². The molecule has 0 amide bonds. The molecule has 0 aromatic rings. The summed E-state index contributed by atoms with van der Waals surface area (Å²) in [6.07, 6.45) is 24.1. The van der Waals surface area contributed by atoms with Crippen molar-refractivity contribution in [1.82, 2.24) is 0 Å². The number of hydrogen-bond acceptors (Lipinski definition) is 2. The lowest BCUT2D eigenvalue weighted by atomic mass is 9.85. The molecule has 0 spiro atoms. The van der Waals surface area contributed by atoms with E-state index < -0.39 is 8.25 Å². The predicted molar refractivity (Wildman–Crippen MR) is 124 cm³/mol. The molecule has 170 valence electrons. The van der Waals surface area contributed by atoms with E-state index in [9.17, 15) is 9.46 Å². The fraction of sp³-hybridized carbons (Fsp3) is 1.00. The van der Waals surface area contributed by atoms with Gasteiger partial charge in [0.2, 0.25) is 0 Å². The molecule has 1 N–H and O–H groups in total. The van der Waals surface area contributed by atoms with Crippen LogP contribution in [0.4, 0.5) is 0 Å². The van der Waals surface area contributed by atoms with Crippen molar-refractivity contribution in [3.05, 3.63) is 0 Å². The number of unbranched alkanes of at least 4 members (excludes halogenated alkanes) is 14. The van der Waals surface area contributed by atoms with E-state index >= 15 is 0 Å². The second-order valence-corrected chi connectivity index (χ2v) is 9.49. The van der Waals surface area contributed by atoms with Crippen LogP contribution in [0.1, 0.15) is 149 Å². The van der Waals surface area contributed by atoms with Crippen LogP contribution >= 0.6 is 8.25 Å². The third kappa shape index (κ3) is 17.0. The fourth-order valence-corrected chi connectivity index (χ4v) is 4.90. The average molecular weight is 419 g/mol. The van der Waals surface area contributed by atoms with Crippen LogP contribution in [0.5, 0.6) is 0 Å². The molecule has 0 fully saturated rings. The van der Waals surface area contributed by atoms with E-state index in [1.54, 1.807) is 0 Å². The fourth-order valence-electron chi connectivity index (χ4n) is 4.22. The highest BCUT2D eigenvalue weighted by Gasteiger charge is 2.31. The van der Waals surface area contributed by atoms with Crippen molar-refractivity contribution in [2.24, 2.45) is 0 Å². The zero-order valence-corrected chi connectivity index (χ0v) is 20.4. The molecule has 0 radical (unpaired) electrons. The highest BCUT2D eigenvalue weighted by molar-refractivity contribution is 7.32. The van der Waals surface area contributed by atoms with Crippen LogP contribution in [0.2, 0.25) is 0 Å². The molecule has 0 bridgehead atoms. The van der Waals surface area contributed by atoms with Crippen LogP contribution < -0.4 is 0 Å². The molecule has 0 saturated heterocycles. The largest absolute Gasteiger partial charge is 0.326 e. The van der Waals surface area contributed by atoms with Gasteiger partial charge in [-0.2, -0.15) is 0 Å². The monoisotopic (exact) mass is 418 g/mol. The Labute approximate surface area is 177 Å². The lowest BCUT2D eigenvalue weighted by molar-refractivity contribution is 0.0306. The molecule has 0 aliphatic carbocycles. The smallest absolute Gasteiger partial charge is 0.317 e. The van der Waals surface area contributed by atoms with Crippen LogP contribution in [0, 0.1) is 0 Å². The van der Waals surface area contributed by atoms with Crippen molar-refractivity contribution in [3.63, 3.8) is 0 Å². The Balaban J connectivity index is 4.59. The molecule has 0 aromatic heterocycles. The Morgan fingerprint density at radius 3 is 1.14 bits per heavy atom. The van der Waals surface area contributed by atoms with E-state index in [-0.39, 0.29) is 5.60 Å². The molecule has 0 saturated carbocycles. The quantitative estimate of drug-likeness (QED) is 0.141. The van der Waals surface area contributed by atoms with Crippen LogP contribution in [0.3, 0.4) is 0 Å². The first-order valence-electron chi connectivity index (χ1n) is 12.5. The van der Waals surface area contributed by atoms with Crippen molar-refractivity contribution in [3.8, 4) is 0 Å². The first-order chi connectivity index (χ1) is 13.6. The molecule has 1 unspecified atom stereocenters. The van der Waals surface area contributed by atoms with Gasteiger partial charge in [-0.1, -0.05) is 130 Å². The van der Waals surface area contributed by atoms with E-state index in [2.05, 4.69) is 20.8 Å². The van der Waals surface area contributed by atoms with Gasteiger partial charge in [0.05, 0.1) is 5.60 Å². The summed E-state index contributed by atoms with van der Waals surface area (Å²) in [6, 6.07) is 0. The maximum absolute atomic E-state index is 11.7. The second kappa shape index (κ2) is 20.4. The molecular weight excluding hydrogens is 367 g/mol. The zero-order chi connectivity index (χ0) is 20.9. The molecule has 1 atom stereocenters. The van der Waals surface area contributed by atoms with E-state index in [4.69, 9.17) is 4.52 Å². The SMILES string of the molecule is CCCCCCCCC(CCCCCCC)(CCCCCCCC)O[PH](=O)O. The van der Waals surface area contributed by atoms with Crippen LogP contribution in [-0.4, -0.2) is 10.5 Å². The molecule has 3 nitrogen and oxygen atoms in total. The van der Waals surface area contributed by atoms with Crippen molar-refractivity contribution in [1.29, 1.82) is 0 Å². The Kier molecular flexibility index (Phi) is 20.5. The van der Waals surface area contributed by atoms with Gasteiger partial charge in [0.25, 0.3) is 0 Å². The highest BCUT2D eigenvalue weighted by atomic mass is 31.1. The lowest BCUT2D eigenvalue weighted by Gasteiger charge is -2.33. The number of rotatable bonds is 22. The molecule has 4 heteroatoms. The van der Waals surface area contributed by atoms with Crippen molar-refractivity contribution >= 4 is 8.25 Å². The lowest BCUT2D eigenvalue weighted by Crippen LogP contribution is -2.30. The van der Waals surface area contributed by atoms with Gasteiger partial charge in [-0.15, -0.1) is 0 Å². The van der Waals surface area contributed by atoms with Gasteiger partial charge < -0.3 is 9.42 Å². The maximum Gasteiger partial charge on any atom is 0.317 e. The minimum Gasteiger partial charge on any atom is -0.326 e. The second-order valence-electron chi connectivity index (χ2n) is 8.75. The van der Waals surface area contributed by atoms with Crippen molar-refractivity contribution in [2.45, 2.75) is 155 Å². The Bertz CT molecular complexity index is 331. The zero-order valence-electron chi connectivity index (χ0n) is 19.4. The average Bonchev–Trinajstić information content (AvgIpc) is 2.66. The van der Waals surface area contributed by atoms with Gasteiger partial charge >= 0.3 is 8.25 Å². The maximum atomic E-state index is 11.7. The normalized spacial score (nSPS) is 13.1. The summed E-state index contributed by atoms with van der Waals surface area (Å²) >= 11 is 0. The van der Waals surface area contributed by atoms with E-state index in [0.717, 1.165) is 38.5 Å². The summed E-state index contributed by atoms with van der Waals surface area (Å²) in [5.41, 5.74) is -0.355. The van der Waals surface area contributed by atoms with E-state index in [1.807, 2.05) is 0 Å². The van der Waals surface area contributed by atoms with Crippen LogP contribution in [0.15, 0.2) is 0 Å². The van der Waals surface area contributed by atoms with Crippen molar-refractivity contribution in [2.75, 3.05) is 0 Å². The molecule has 28 heavy (non-hydrogen) atoms. The third-order valence-corrected chi connectivity index (χ3v) is 6.62. The summed E-state index contributed by atoms with van der Waals surface area (Å²) in [7, 11) is -2.89. The third-order valence-electron chi connectivity index (χ3n) is 6.01. The molecule has 0 heterocycles. The molecule has 0 aliphatic heterocycles. The standard InChI is InChI=1S/C24H51O3P/c1-4-7-10-13-16-19-22-24(27-28(25)26,21-18-15-12-9-6-3)23-20-17-14-11-8-5-2/h28H,4-23H2,1-3H3,(H,25,26). The highest BCUT2D eigenvalue weighted by Crippen LogP contribution is 2.39. The van der Waals surface area contributed by atoms with Gasteiger partial charge in [-0.3, -0.25) is 4.57 Å². The summed E-state index contributed by atoms with van der Waals surface area (Å²) in [5.74, 6) is 0. The predicted octanol–water partition coefficient (Wildman–Crippen LogP) is 8.99. The molecular formula is C24H51O3P. The topological polar surface area (TPSA) is 46.5 Å². The van der Waals surface area contributed by atoms with Crippen molar-refractivity contribution < 1.29 is 14.0 Å². The molecule has 0 rings (SSSR count). The summed E-state index contributed by atoms with van der Waals surface area (Å²) in [6.45, 7) is 6.73. The molecule has 0 aliphatic rings. The first kappa shape index (κ1) is 28.1. The summed E-state index contributed by atoms with van der Waals surface area (Å²) in [4.78, 5) is 9.60. The minimum atomic E-state index is -2.89. The van der Waals surface area contributed by atoms with Gasteiger partial charge in [0.15, 0.2) is 0 Å². The minimum absolute atomic E-state index is 0.355. The number of hydrogen-bond donors (Lipinski definition) is 1. The Morgan fingerprint density at radius 2 is 0.857 bits per heavy atom. The summed E-state index contributed by atoms with van der Waals surface area (Å²) < 4.78 is 17.5. The van der Waals surface area contributed by atoms with E-state index in [0.29, 0.717) is 0 Å². The Morgan fingerprint density at radius 1 is 0.571 bits per heavy atom. The Hall–Kier alpha value is 0.150. The van der Waals surface area contributed by atoms with Crippen LogP contribution in [0.25, 0.3) is 0 Å². The van der Waals surface area contributed by atoms with Gasteiger partial charge in [-0.25, -0.2) is 0 Å². The van der Waals surface area contributed by atoms with E-state index in [1.165, 1.54) is 89.9 Å². The van der Waals surface area contributed by atoms with Gasteiger partial charge in [-0.05, 0) is 19.3 Å².